The molecule has 2 aliphatic rings. The number of ether oxygens (including phenoxy) is 2. The van der Waals surface area contributed by atoms with Crippen LogP contribution in [0.5, 0.6) is 11.5 Å². The molecule has 0 fully saturated rings. The van der Waals surface area contributed by atoms with Gasteiger partial charge in [0.05, 0.1) is 24.1 Å². The number of rotatable bonds is 3. The van der Waals surface area contributed by atoms with Crippen LogP contribution in [0.15, 0.2) is 59.7 Å². The van der Waals surface area contributed by atoms with E-state index >= 15 is 0 Å². The Morgan fingerprint density at radius 1 is 0.935 bits per heavy atom. The lowest BCUT2D eigenvalue weighted by molar-refractivity contribution is 0.134. The van der Waals surface area contributed by atoms with Gasteiger partial charge in [-0.1, -0.05) is 30.3 Å². The summed E-state index contributed by atoms with van der Waals surface area (Å²) in [7, 11) is 1.72. The highest BCUT2D eigenvalue weighted by Crippen LogP contribution is 2.48. The third-order valence-corrected chi connectivity index (χ3v) is 6.02. The van der Waals surface area contributed by atoms with Crippen LogP contribution in [0.2, 0.25) is 0 Å². The average molecular weight is 413 g/mol. The van der Waals surface area contributed by atoms with Crippen LogP contribution in [0.1, 0.15) is 49.9 Å². The van der Waals surface area contributed by atoms with E-state index in [1.165, 1.54) is 16.7 Å². The van der Waals surface area contributed by atoms with Gasteiger partial charge in [0.15, 0.2) is 11.5 Å². The van der Waals surface area contributed by atoms with Gasteiger partial charge in [0.25, 0.3) is 0 Å². The van der Waals surface area contributed by atoms with Crippen LogP contribution >= 0.6 is 0 Å². The molecular formula is C27H28N2O2. The highest BCUT2D eigenvalue weighted by atomic mass is 16.5. The van der Waals surface area contributed by atoms with Crippen LogP contribution in [-0.4, -0.2) is 28.9 Å². The Balaban J connectivity index is 1.79. The lowest BCUT2D eigenvalue weighted by Gasteiger charge is -2.31. The van der Waals surface area contributed by atoms with Gasteiger partial charge in [-0.3, -0.25) is 9.98 Å². The van der Waals surface area contributed by atoms with Gasteiger partial charge in [0, 0.05) is 34.9 Å². The molecule has 2 aromatic carbocycles. The van der Waals surface area contributed by atoms with Crippen LogP contribution < -0.4 is 9.47 Å². The first kappa shape index (κ1) is 19.8. The lowest BCUT2D eigenvalue weighted by atomic mass is 9.80. The number of benzene rings is 2. The van der Waals surface area contributed by atoms with Crippen LogP contribution in [0.25, 0.3) is 11.3 Å². The third-order valence-electron chi connectivity index (χ3n) is 6.02. The molecule has 0 unspecified atom stereocenters. The van der Waals surface area contributed by atoms with Crippen molar-refractivity contribution in [2.45, 2.75) is 51.7 Å². The second kappa shape index (κ2) is 6.94. The Hall–Kier alpha value is -3.14. The molecule has 0 N–H and O–H groups in total. The molecule has 0 radical (unpaired) electrons. The monoisotopic (exact) mass is 412 g/mol. The summed E-state index contributed by atoms with van der Waals surface area (Å²) in [5, 5.41) is 0. The van der Waals surface area contributed by atoms with Crippen molar-refractivity contribution in [3.8, 4) is 22.8 Å². The largest absolute Gasteiger partial charge is 0.493 e. The van der Waals surface area contributed by atoms with Gasteiger partial charge in [-0.05, 0) is 57.9 Å². The molecule has 0 atom stereocenters. The highest BCUT2D eigenvalue weighted by Gasteiger charge is 2.40. The second-order valence-corrected chi connectivity index (χ2v) is 9.67. The summed E-state index contributed by atoms with van der Waals surface area (Å²) in [4.78, 5) is 9.91. The maximum Gasteiger partial charge on any atom is 0.166 e. The van der Waals surface area contributed by atoms with Gasteiger partial charge < -0.3 is 9.47 Å². The van der Waals surface area contributed by atoms with Gasteiger partial charge in [0.2, 0.25) is 0 Å². The Bertz CT molecular complexity index is 1190. The fourth-order valence-electron chi connectivity index (χ4n) is 4.85. The van der Waals surface area contributed by atoms with Crippen molar-refractivity contribution >= 4 is 5.71 Å². The molecule has 2 aliphatic heterocycles. The molecule has 31 heavy (non-hydrogen) atoms. The van der Waals surface area contributed by atoms with Crippen LogP contribution in [0, 0.1) is 0 Å². The zero-order valence-corrected chi connectivity index (χ0v) is 18.8. The van der Waals surface area contributed by atoms with E-state index < -0.39 is 0 Å². The van der Waals surface area contributed by atoms with E-state index in [0.717, 1.165) is 46.9 Å². The summed E-state index contributed by atoms with van der Waals surface area (Å²) in [6.45, 7) is 8.65. The van der Waals surface area contributed by atoms with Gasteiger partial charge >= 0.3 is 0 Å². The maximum atomic E-state index is 6.34. The smallest absolute Gasteiger partial charge is 0.166 e. The zero-order chi connectivity index (χ0) is 21.8. The molecule has 3 aromatic rings. The van der Waals surface area contributed by atoms with Crippen molar-refractivity contribution in [3.05, 3.63) is 77.0 Å². The first-order valence-electron chi connectivity index (χ1n) is 10.8. The molecule has 1 aromatic heterocycles. The average Bonchev–Trinajstić information content (AvgIpc) is 3.07. The van der Waals surface area contributed by atoms with Crippen molar-refractivity contribution in [1.29, 1.82) is 0 Å². The van der Waals surface area contributed by atoms with Crippen molar-refractivity contribution in [3.63, 3.8) is 0 Å². The van der Waals surface area contributed by atoms with Crippen molar-refractivity contribution in [2.75, 3.05) is 7.11 Å². The lowest BCUT2D eigenvalue weighted by Crippen LogP contribution is -2.31. The summed E-state index contributed by atoms with van der Waals surface area (Å²) < 4.78 is 12.1. The minimum Gasteiger partial charge on any atom is -0.493 e. The number of aromatic nitrogens is 1. The zero-order valence-electron chi connectivity index (χ0n) is 18.8. The topological polar surface area (TPSA) is 43.7 Å². The van der Waals surface area contributed by atoms with E-state index in [2.05, 4.69) is 69.1 Å². The number of hydrogen-bond donors (Lipinski definition) is 0. The number of fused-ring (bicyclic) bond motifs is 3. The Kier molecular flexibility index (Phi) is 4.44. The fraction of sp³-hybridized carbons (Fsp3) is 0.333. The minimum absolute atomic E-state index is 0.214. The number of nitrogens with zero attached hydrogens (tertiary/aromatic N) is 2. The molecule has 3 heterocycles. The summed E-state index contributed by atoms with van der Waals surface area (Å²) >= 11 is 0. The summed E-state index contributed by atoms with van der Waals surface area (Å²) in [6.07, 6.45) is 3.53. The van der Waals surface area contributed by atoms with Crippen LogP contribution in [-0.2, 0) is 12.8 Å². The molecule has 4 nitrogen and oxygen atoms in total. The normalized spacial score (nSPS) is 17.9. The molecule has 158 valence electrons. The number of pyridine rings is 1. The van der Waals surface area contributed by atoms with E-state index in [1.54, 1.807) is 7.11 Å². The molecule has 0 bridgehead atoms. The summed E-state index contributed by atoms with van der Waals surface area (Å²) in [5.74, 6) is 1.67. The SMILES string of the molecule is COc1cc2c(c3c1OC(C)(C)C3)C(c1ccccc1-c1ccccn1)=NC(C)(C)C2. The second-order valence-electron chi connectivity index (χ2n) is 9.67. The Morgan fingerprint density at radius 3 is 2.39 bits per heavy atom. The van der Waals surface area contributed by atoms with E-state index in [-0.39, 0.29) is 11.1 Å². The minimum atomic E-state index is -0.274. The molecule has 4 heteroatoms. The molecule has 0 amide bonds. The number of hydrogen-bond acceptors (Lipinski definition) is 4. The highest BCUT2D eigenvalue weighted by molar-refractivity contribution is 6.19. The predicted octanol–water partition coefficient (Wildman–Crippen LogP) is 5.64. The molecule has 5 rings (SSSR count). The van der Waals surface area contributed by atoms with Gasteiger partial charge in [-0.25, -0.2) is 0 Å². The molecule has 0 saturated carbocycles. The van der Waals surface area contributed by atoms with E-state index in [1.807, 2.05) is 18.3 Å². The first-order chi connectivity index (χ1) is 14.8. The maximum absolute atomic E-state index is 6.34. The van der Waals surface area contributed by atoms with Crippen molar-refractivity contribution < 1.29 is 9.47 Å². The quantitative estimate of drug-likeness (QED) is 0.559. The Morgan fingerprint density at radius 2 is 1.68 bits per heavy atom. The molecule has 0 aliphatic carbocycles. The Labute approximate surface area is 184 Å². The van der Waals surface area contributed by atoms with E-state index in [4.69, 9.17) is 14.5 Å². The number of methoxy groups -OCH3 is 1. The predicted molar refractivity (Wildman–Crippen MR) is 125 cm³/mol. The molecule has 0 saturated heterocycles. The van der Waals surface area contributed by atoms with Crippen LogP contribution in [0.4, 0.5) is 0 Å². The summed E-state index contributed by atoms with van der Waals surface area (Å²) in [6, 6.07) is 16.6. The van der Waals surface area contributed by atoms with Gasteiger partial charge in [-0.15, -0.1) is 0 Å². The standard InChI is InChI=1S/C27H28N2O2/c1-26(2)15-17-14-22(30-5)25-20(16-27(3,4)31-25)23(17)24(29-26)19-11-7-6-10-18(19)21-12-8-9-13-28-21/h6-14H,15-16H2,1-5H3. The van der Waals surface area contributed by atoms with Crippen molar-refractivity contribution in [2.24, 2.45) is 4.99 Å². The van der Waals surface area contributed by atoms with Gasteiger partial charge in [-0.2, -0.15) is 0 Å². The van der Waals surface area contributed by atoms with Crippen LogP contribution in [0.3, 0.4) is 0 Å². The molecule has 0 spiro atoms. The number of aliphatic imine (C=N–C) groups is 1. The van der Waals surface area contributed by atoms with Gasteiger partial charge in [0.1, 0.15) is 5.60 Å². The van der Waals surface area contributed by atoms with Crippen molar-refractivity contribution in [1.82, 2.24) is 4.98 Å². The van der Waals surface area contributed by atoms with E-state index in [9.17, 15) is 0 Å². The fourth-order valence-corrected chi connectivity index (χ4v) is 4.85. The third kappa shape index (κ3) is 3.40. The summed E-state index contributed by atoms with van der Waals surface area (Å²) in [5.41, 5.74) is 7.34. The first-order valence-corrected chi connectivity index (χ1v) is 10.8. The molecular weight excluding hydrogens is 384 g/mol. The van der Waals surface area contributed by atoms with E-state index in [0.29, 0.717) is 0 Å².